The van der Waals surface area contributed by atoms with Gasteiger partial charge in [-0.1, -0.05) is 0 Å². The van der Waals surface area contributed by atoms with Crippen molar-refractivity contribution in [2.45, 2.75) is 0 Å². The number of aromatic hydroxyl groups is 1. The average molecular weight is 236 g/mol. The molecule has 1 aliphatic heterocycles. The number of phenolic OH excluding ortho intramolecular Hbond substituents is 1. The fourth-order valence-corrected chi connectivity index (χ4v) is 1.49. The van der Waals surface area contributed by atoms with Gasteiger partial charge in [0.1, 0.15) is 11.5 Å². The fourth-order valence-electron chi connectivity index (χ4n) is 1.49. The molecule has 1 aromatic carbocycles. The van der Waals surface area contributed by atoms with Gasteiger partial charge in [0.2, 0.25) is 0 Å². The molecule has 17 heavy (non-hydrogen) atoms. The summed E-state index contributed by atoms with van der Waals surface area (Å²) >= 11 is 0. The first kappa shape index (κ1) is 11.7. The predicted octanol–water partition coefficient (Wildman–Crippen LogP) is 0.107. The number of carbonyl (C=O) groups is 1. The van der Waals surface area contributed by atoms with E-state index in [-0.39, 0.29) is 18.3 Å². The molecule has 0 bridgehead atoms. The van der Waals surface area contributed by atoms with E-state index in [0.717, 1.165) is 13.1 Å². The van der Waals surface area contributed by atoms with Crippen LogP contribution in [0.4, 0.5) is 0 Å². The molecule has 5 heteroatoms. The Hall–Kier alpha value is -1.75. The van der Waals surface area contributed by atoms with Crippen molar-refractivity contribution in [3.05, 3.63) is 24.3 Å². The molecule has 5 nitrogen and oxygen atoms in total. The van der Waals surface area contributed by atoms with Crippen LogP contribution in [0, 0.1) is 5.92 Å². The third kappa shape index (κ3) is 3.64. The van der Waals surface area contributed by atoms with Crippen LogP contribution in [0.3, 0.4) is 0 Å². The van der Waals surface area contributed by atoms with Gasteiger partial charge < -0.3 is 20.5 Å². The molecule has 92 valence electrons. The van der Waals surface area contributed by atoms with Crippen LogP contribution in [-0.4, -0.2) is 37.3 Å². The second-order valence-corrected chi connectivity index (χ2v) is 4.11. The maximum atomic E-state index is 11.4. The first-order valence-electron chi connectivity index (χ1n) is 5.63. The minimum atomic E-state index is -0.120. The van der Waals surface area contributed by atoms with Gasteiger partial charge in [-0.25, -0.2) is 0 Å². The zero-order valence-corrected chi connectivity index (χ0v) is 9.48. The highest BCUT2D eigenvalue weighted by atomic mass is 16.5. The summed E-state index contributed by atoms with van der Waals surface area (Å²) < 4.78 is 5.27. The van der Waals surface area contributed by atoms with Gasteiger partial charge in [0.05, 0.1) is 0 Å². The highest BCUT2D eigenvalue weighted by molar-refractivity contribution is 5.77. The van der Waals surface area contributed by atoms with Crippen LogP contribution in [0.25, 0.3) is 0 Å². The summed E-state index contributed by atoms with van der Waals surface area (Å²) in [5.74, 6) is 1.18. The molecule has 0 saturated carbocycles. The Morgan fingerprint density at radius 3 is 2.71 bits per heavy atom. The molecule has 0 unspecified atom stereocenters. The smallest absolute Gasteiger partial charge is 0.257 e. The van der Waals surface area contributed by atoms with Crippen LogP contribution >= 0.6 is 0 Å². The van der Waals surface area contributed by atoms with Gasteiger partial charge in [0.15, 0.2) is 6.61 Å². The van der Waals surface area contributed by atoms with Crippen LogP contribution in [0.5, 0.6) is 11.5 Å². The summed E-state index contributed by atoms with van der Waals surface area (Å²) in [7, 11) is 0. The summed E-state index contributed by atoms with van der Waals surface area (Å²) in [6, 6.07) is 6.29. The molecule has 0 aromatic heterocycles. The number of benzene rings is 1. The van der Waals surface area contributed by atoms with Crippen molar-refractivity contribution in [1.82, 2.24) is 10.6 Å². The SMILES string of the molecule is O=C(COc1ccc(O)cc1)NCC1CNC1. The normalized spacial score (nSPS) is 15.1. The summed E-state index contributed by atoms with van der Waals surface area (Å²) in [6.45, 7) is 2.65. The number of phenols is 1. The third-order valence-corrected chi connectivity index (χ3v) is 2.66. The van der Waals surface area contributed by atoms with Gasteiger partial charge in [0.25, 0.3) is 5.91 Å². The van der Waals surface area contributed by atoms with Gasteiger partial charge in [-0.3, -0.25) is 4.79 Å². The molecule has 0 spiro atoms. The van der Waals surface area contributed by atoms with Gasteiger partial charge in [0, 0.05) is 25.6 Å². The van der Waals surface area contributed by atoms with Crippen LogP contribution in [-0.2, 0) is 4.79 Å². The topological polar surface area (TPSA) is 70.6 Å². The van der Waals surface area contributed by atoms with Crippen LogP contribution in [0.2, 0.25) is 0 Å². The van der Waals surface area contributed by atoms with Crippen LogP contribution in [0.15, 0.2) is 24.3 Å². The zero-order valence-electron chi connectivity index (χ0n) is 9.48. The molecule has 1 saturated heterocycles. The Kier molecular flexibility index (Phi) is 3.82. The minimum absolute atomic E-state index is 0.00488. The van der Waals surface area contributed by atoms with E-state index in [0.29, 0.717) is 18.2 Å². The number of amides is 1. The molecule has 0 radical (unpaired) electrons. The highest BCUT2D eigenvalue weighted by Gasteiger charge is 2.17. The molecule has 3 N–H and O–H groups in total. The molecule has 1 aliphatic rings. The lowest BCUT2D eigenvalue weighted by atomic mass is 10.0. The number of carbonyl (C=O) groups excluding carboxylic acids is 1. The second kappa shape index (κ2) is 5.54. The van der Waals surface area contributed by atoms with Crippen LogP contribution < -0.4 is 15.4 Å². The summed E-state index contributed by atoms with van der Waals surface area (Å²) in [4.78, 5) is 11.4. The van der Waals surface area contributed by atoms with E-state index in [1.54, 1.807) is 12.1 Å². The average Bonchev–Trinajstić information content (AvgIpc) is 2.26. The van der Waals surface area contributed by atoms with E-state index >= 15 is 0 Å². The molecule has 0 aliphatic carbocycles. The van der Waals surface area contributed by atoms with Crippen molar-refractivity contribution in [2.75, 3.05) is 26.2 Å². The molecule has 1 fully saturated rings. The lowest BCUT2D eigenvalue weighted by molar-refractivity contribution is -0.123. The first-order chi connectivity index (χ1) is 8.24. The van der Waals surface area contributed by atoms with Crippen molar-refractivity contribution < 1.29 is 14.6 Å². The first-order valence-corrected chi connectivity index (χ1v) is 5.63. The Bertz CT molecular complexity index is 374. The lowest BCUT2D eigenvalue weighted by Gasteiger charge is -2.27. The Morgan fingerprint density at radius 2 is 2.12 bits per heavy atom. The molecule has 1 heterocycles. The Labute approximate surface area is 99.8 Å². The predicted molar refractivity (Wildman–Crippen MR) is 63.0 cm³/mol. The lowest BCUT2D eigenvalue weighted by Crippen LogP contribution is -2.48. The van der Waals surface area contributed by atoms with E-state index in [2.05, 4.69) is 10.6 Å². The van der Waals surface area contributed by atoms with Crippen LogP contribution in [0.1, 0.15) is 0 Å². The quantitative estimate of drug-likeness (QED) is 0.678. The molecular weight excluding hydrogens is 220 g/mol. The summed E-state index contributed by atoms with van der Waals surface area (Å²) in [6.07, 6.45) is 0. The highest BCUT2D eigenvalue weighted by Crippen LogP contribution is 2.15. The maximum Gasteiger partial charge on any atom is 0.257 e. The zero-order chi connectivity index (χ0) is 12.1. The molecule has 0 atom stereocenters. The van der Waals surface area contributed by atoms with Gasteiger partial charge in [-0.15, -0.1) is 0 Å². The van der Waals surface area contributed by atoms with E-state index in [1.165, 1.54) is 12.1 Å². The maximum absolute atomic E-state index is 11.4. The molecular formula is C12H16N2O3. The monoisotopic (exact) mass is 236 g/mol. The summed E-state index contributed by atoms with van der Waals surface area (Å²) in [5, 5.41) is 15.0. The Morgan fingerprint density at radius 1 is 1.41 bits per heavy atom. The minimum Gasteiger partial charge on any atom is -0.508 e. The van der Waals surface area contributed by atoms with Crippen molar-refractivity contribution >= 4 is 5.91 Å². The van der Waals surface area contributed by atoms with E-state index < -0.39 is 0 Å². The second-order valence-electron chi connectivity index (χ2n) is 4.11. The summed E-state index contributed by atoms with van der Waals surface area (Å²) in [5.41, 5.74) is 0. The standard InChI is InChI=1S/C12H16N2O3/c15-10-1-3-11(4-2-10)17-8-12(16)14-7-9-5-13-6-9/h1-4,9,13,15H,5-8H2,(H,14,16). The number of hydrogen-bond acceptors (Lipinski definition) is 4. The third-order valence-electron chi connectivity index (χ3n) is 2.66. The van der Waals surface area contributed by atoms with E-state index in [1.807, 2.05) is 0 Å². The van der Waals surface area contributed by atoms with Crippen molar-refractivity contribution in [3.63, 3.8) is 0 Å². The molecule has 2 rings (SSSR count). The Balaban J connectivity index is 1.66. The van der Waals surface area contributed by atoms with Crippen molar-refractivity contribution in [3.8, 4) is 11.5 Å². The molecule has 1 aromatic rings. The number of nitrogens with one attached hydrogen (secondary N) is 2. The van der Waals surface area contributed by atoms with Gasteiger partial charge in [-0.2, -0.15) is 0 Å². The molecule has 1 amide bonds. The van der Waals surface area contributed by atoms with E-state index in [9.17, 15) is 4.79 Å². The fraction of sp³-hybridized carbons (Fsp3) is 0.417. The number of rotatable bonds is 5. The van der Waals surface area contributed by atoms with Gasteiger partial charge in [-0.05, 0) is 24.3 Å². The number of hydrogen-bond donors (Lipinski definition) is 3. The van der Waals surface area contributed by atoms with Crippen molar-refractivity contribution in [1.29, 1.82) is 0 Å². The number of ether oxygens (including phenoxy) is 1. The van der Waals surface area contributed by atoms with E-state index in [4.69, 9.17) is 9.84 Å². The van der Waals surface area contributed by atoms with Crippen molar-refractivity contribution in [2.24, 2.45) is 5.92 Å². The van der Waals surface area contributed by atoms with Gasteiger partial charge >= 0.3 is 0 Å². The largest absolute Gasteiger partial charge is 0.508 e.